The zero-order valence-corrected chi connectivity index (χ0v) is 31.6. The molecular weight excluding hydrogens is 610 g/mol. The first-order chi connectivity index (χ1) is 22.7. The summed E-state index contributed by atoms with van der Waals surface area (Å²) in [6.07, 6.45) is 37.1. The molecule has 4 N–H and O–H groups in total. The predicted molar refractivity (Wildman–Crippen MR) is 199 cm³/mol. The summed E-state index contributed by atoms with van der Waals surface area (Å²) in [4.78, 5) is 12.5. The molecule has 47 heavy (non-hydrogen) atoms. The predicted octanol–water partition coefficient (Wildman–Crippen LogP) is 10.4. The van der Waals surface area contributed by atoms with Gasteiger partial charge in [-0.3, -0.25) is 9.35 Å². The Hall–Kier alpha value is -0.960. The second kappa shape index (κ2) is 33.5. The van der Waals surface area contributed by atoms with Gasteiger partial charge in [0.15, 0.2) is 0 Å². The highest BCUT2D eigenvalue weighted by molar-refractivity contribution is 7.85. The molecule has 3 unspecified atom stereocenters. The number of hydrogen-bond acceptors (Lipinski definition) is 5. The van der Waals surface area contributed by atoms with Crippen molar-refractivity contribution in [1.82, 2.24) is 5.32 Å². The molecule has 0 saturated carbocycles. The second-order valence-electron chi connectivity index (χ2n) is 14.1. The Balaban J connectivity index is 3.95. The molecule has 0 radical (unpaired) electrons. The van der Waals surface area contributed by atoms with Crippen molar-refractivity contribution >= 4 is 16.0 Å². The zero-order valence-electron chi connectivity index (χ0n) is 30.8. The minimum absolute atomic E-state index is 0.283. The van der Waals surface area contributed by atoms with Crippen LogP contribution in [0.4, 0.5) is 0 Å². The molecule has 0 fully saturated rings. The molecule has 0 saturated heterocycles. The quantitative estimate of drug-likeness (QED) is 0.0295. The van der Waals surface area contributed by atoms with Gasteiger partial charge in [-0.2, -0.15) is 8.42 Å². The van der Waals surface area contributed by atoms with Crippen LogP contribution in [0, 0.1) is 0 Å². The van der Waals surface area contributed by atoms with E-state index in [-0.39, 0.29) is 6.42 Å². The molecular formula is C39H77NO6S. The fraction of sp³-hybridized carbons (Fsp3) is 0.923. The lowest BCUT2D eigenvalue weighted by atomic mass is 10.0. The van der Waals surface area contributed by atoms with E-state index in [1.54, 1.807) is 6.08 Å². The third kappa shape index (κ3) is 33.3. The Morgan fingerprint density at radius 1 is 0.574 bits per heavy atom. The number of unbranched alkanes of at least 4 members (excludes halogenated alkanes) is 27. The van der Waals surface area contributed by atoms with Crippen LogP contribution in [-0.4, -0.2) is 53.1 Å². The summed E-state index contributed by atoms with van der Waals surface area (Å²) in [6, 6.07) is -1.23. The molecule has 3 atom stereocenters. The lowest BCUT2D eigenvalue weighted by Crippen LogP contribution is -2.50. The van der Waals surface area contributed by atoms with Crippen molar-refractivity contribution in [1.29, 1.82) is 0 Å². The number of carbonyl (C=O) groups is 1. The van der Waals surface area contributed by atoms with Crippen molar-refractivity contribution in [2.75, 3.05) is 5.75 Å². The number of nitrogens with one attached hydrogen (secondary N) is 1. The van der Waals surface area contributed by atoms with Gasteiger partial charge in [-0.25, -0.2) is 0 Å². The van der Waals surface area contributed by atoms with Crippen molar-refractivity contribution in [2.45, 2.75) is 225 Å². The van der Waals surface area contributed by atoms with Crippen LogP contribution in [0.15, 0.2) is 12.2 Å². The Morgan fingerprint density at radius 2 is 0.915 bits per heavy atom. The summed E-state index contributed by atoms with van der Waals surface area (Å²) in [5, 5.41) is 23.3. The van der Waals surface area contributed by atoms with Crippen molar-refractivity contribution in [3.63, 3.8) is 0 Å². The van der Waals surface area contributed by atoms with Gasteiger partial charge in [0.25, 0.3) is 10.1 Å². The van der Waals surface area contributed by atoms with Crippen LogP contribution in [0.5, 0.6) is 0 Å². The first-order valence-electron chi connectivity index (χ1n) is 20.0. The van der Waals surface area contributed by atoms with Gasteiger partial charge in [-0.15, -0.1) is 0 Å². The van der Waals surface area contributed by atoms with E-state index in [1.165, 1.54) is 147 Å². The molecule has 0 bridgehead atoms. The van der Waals surface area contributed by atoms with Gasteiger partial charge < -0.3 is 15.5 Å². The average molecular weight is 688 g/mol. The van der Waals surface area contributed by atoms with Gasteiger partial charge in [0, 0.05) is 0 Å². The van der Waals surface area contributed by atoms with Crippen LogP contribution in [0.3, 0.4) is 0 Å². The number of aliphatic hydroxyl groups excluding tert-OH is 2. The maximum absolute atomic E-state index is 12.5. The van der Waals surface area contributed by atoms with Gasteiger partial charge in [-0.1, -0.05) is 199 Å². The lowest BCUT2D eigenvalue weighted by Gasteiger charge is -2.22. The van der Waals surface area contributed by atoms with Gasteiger partial charge in [0.05, 0.1) is 17.9 Å². The summed E-state index contributed by atoms with van der Waals surface area (Å²) in [7, 11) is -4.43. The zero-order chi connectivity index (χ0) is 34.9. The Bertz CT molecular complexity index is 818. The van der Waals surface area contributed by atoms with Crippen LogP contribution in [0.25, 0.3) is 0 Å². The van der Waals surface area contributed by atoms with E-state index in [4.69, 9.17) is 0 Å². The Morgan fingerprint density at radius 3 is 1.28 bits per heavy atom. The molecule has 0 spiro atoms. The molecule has 1 amide bonds. The molecule has 0 aromatic carbocycles. The lowest BCUT2D eigenvalue weighted by molar-refractivity contribution is -0.130. The van der Waals surface area contributed by atoms with E-state index in [0.29, 0.717) is 6.42 Å². The van der Waals surface area contributed by atoms with Crippen molar-refractivity contribution in [2.24, 2.45) is 0 Å². The molecule has 0 aromatic rings. The van der Waals surface area contributed by atoms with E-state index in [2.05, 4.69) is 19.2 Å². The standard InChI is InChI=1S/C39H77NO6S/c1-3-5-7-9-11-13-14-15-16-17-18-19-20-21-22-23-24-26-27-29-31-33-37(41)36(35-47(44,45)46)40-39(43)38(42)34-32-30-28-25-12-10-8-6-4-2/h31,33,36-38,41-42H,3-30,32,34-35H2,1-2H3,(H,40,43)(H,44,45,46)/b33-31+. The van der Waals surface area contributed by atoms with E-state index in [0.717, 1.165) is 38.5 Å². The van der Waals surface area contributed by atoms with Crippen LogP contribution in [-0.2, 0) is 14.9 Å². The van der Waals surface area contributed by atoms with E-state index < -0.39 is 40.0 Å². The van der Waals surface area contributed by atoms with Gasteiger partial charge >= 0.3 is 0 Å². The maximum Gasteiger partial charge on any atom is 0.267 e. The summed E-state index contributed by atoms with van der Waals surface area (Å²) in [6.45, 7) is 4.48. The number of allylic oxidation sites excluding steroid dienone is 1. The van der Waals surface area contributed by atoms with Crippen LogP contribution >= 0.6 is 0 Å². The fourth-order valence-corrected chi connectivity index (χ4v) is 6.96. The maximum atomic E-state index is 12.5. The summed E-state index contributed by atoms with van der Waals surface area (Å²) < 4.78 is 32.4. The third-order valence-corrected chi connectivity index (χ3v) is 10.1. The number of aliphatic hydroxyl groups is 2. The molecule has 0 aliphatic heterocycles. The minimum atomic E-state index is -4.43. The van der Waals surface area contributed by atoms with Gasteiger partial charge in [0.2, 0.25) is 5.91 Å². The van der Waals surface area contributed by atoms with Crippen molar-refractivity contribution < 1.29 is 28.0 Å². The third-order valence-electron chi connectivity index (χ3n) is 9.32. The Kier molecular flexibility index (Phi) is 32.8. The highest BCUT2D eigenvalue weighted by Crippen LogP contribution is 2.16. The van der Waals surface area contributed by atoms with Gasteiger partial charge in [-0.05, 0) is 19.3 Å². The Labute approximate surface area is 291 Å². The monoisotopic (exact) mass is 688 g/mol. The van der Waals surface area contributed by atoms with E-state index in [9.17, 15) is 28.0 Å². The second-order valence-corrected chi connectivity index (χ2v) is 15.6. The molecule has 0 aromatic heterocycles. The molecule has 8 heteroatoms. The largest absolute Gasteiger partial charge is 0.387 e. The van der Waals surface area contributed by atoms with Crippen molar-refractivity contribution in [3.8, 4) is 0 Å². The first kappa shape index (κ1) is 46.0. The smallest absolute Gasteiger partial charge is 0.267 e. The van der Waals surface area contributed by atoms with Crippen LogP contribution < -0.4 is 5.32 Å². The molecule has 7 nitrogen and oxygen atoms in total. The normalized spacial score (nSPS) is 14.1. The fourth-order valence-electron chi connectivity index (χ4n) is 6.22. The topological polar surface area (TPSA) is 124 Å². The first-order valence-corrected chi connectivity index (χ1v) is 21.6. The van der Waals surface area contributed by atoms with E-state index >= 15 is 0 Å². The molecule has 0 aliphatic rings. The molecule has 0 heterocycles. The van der Waals surface area contributed by atoms with Crippen molar-refractivity contribution in [3.05, 3.63) is 12.2 Å². The number of rotatable bonds is 36. The van der Waals surface area contributed by atoms with E-state index in [1.807, 2.05) is 0 Å². The van der Waals surface area contributed by atoms with Gasteiger partial charge in [0.1, 0.15) is 6.10 Å². The average Bonchev–Trinajstić information content (AvgIpc) is 3.03. The number of hydrogen-bond donors (Lipinski definition) is 4. The van der Waals surface area contributed by atoms with Crippen LogP contribution in [0.1, 0.15) is 206 Å². The summed E-state index contributed by atoms with van der Waals surface area (Å²) in [5.74, 6) is -1.53. The SMILES string of the molecule is CCCCCCCCCCCCCCCCCCCCC/C=C/C(O)C(CS(=O)(=O)O)NC(=O)C(O)CCCCCCCCCCC. The highest BCUT2D eigenvalue weighted by Gasteiger charge is 2.27. The summed E-state index contributed by atoms with van der Waals surface area (Å²) in [5.41, 5.74) is 0. The molecule has 0 rings (SSSR count). The number of amides is 1. The van der Waals surface area contributed by atoms with Crippen LogP contribution in [0.2, 0.25) is 0 Å². The minimum Gasteiger partial charge on any atom is -0.387 e. The highest BCUT2D eigenvalue weighted by atomic mass is 32.2. The summed E-state index contributed by atoms with van der Waals surface area (Å²) >= 11 is 0. The molecule has 280 valence electrons. The molecule has 0 aliphatic carbocycles. The number of carbonyl (C=O) groups excluding carboxylic acids is 1.